The van der Waals surface area contributed by atoms with E-state index in [0.717, 1.165) is 7.11 Å². The number of hydrogen-bond donors (Lipinski definition) is 0. The molecule has 0 atom stereocenters. The number of nitro groups is 2. The molecule has 0 amide bonds. The molecule has 0 radical (unpaired) electrons. The molecule has 0 spiro atoms. The summed E-state index contributed by atoms with van der Waals surface area (Å²) in [5.74, 6) is -2.64. The van der Waals surface area contributed by atoms with E-state index in [2.05, 4.69) is 4.74 Å². The SMILES string of the molecule is COC(=O)c1cc([N+](=O)[O-])c(F)c([N+](=O)[O-])c1. The standard InChI is InChI=1S/C8H5FN2O6/c1-17-8(12)4-2-5(10(13)14)7(9)6(3-4)11(15)16/h2-3H,1H3. The van der Waals surface area contributed by atoms with Crippen molar-refractivity contribution in [2.75, 3.05) is 7.11 Å². The summed E-state index contributed by atoms with van der Waals surface area (Å²) in [6, 6.07) is 1.16. The molecule has 0 aliphatic heterocycles. The molecule has 0 fully saturated rings. The number of carbonyl (C=O) groups is 1. The fourth-order valence-electron chi connectivity index (χ4n) is 1.10. The van der Waals surface area contributed by atoms with Crippen LogP contribution in [0, 0.1) is 26.0 Å². The second-order valence-electron chi connectivity index (χ2n) is 2.83. The molecule has 9 heteroatoms. The molecule has 0 aliphatic carbocycles. The Morgan fingerprint density at radius 2 is 1.65 bits per heavy atom. The highest BCUT2D eigenvalue weighted by molar-refractivity contribution is 5.91. The van der Waals surface area contributed by atoms with Crippen molar-refractivity contribution in [3.63, 3.8) is 0 Å². The maximum atomic E-state index is 13.3. The van der Waals surface area contributed by atoms with Gasteiger partial charge in [0.05, 0.1) is 22.5 Å². The highest BCUT2D eigenvalue weighted by Crippen LogP contribution is 2.28. The number of hydrogen-bond acceptors (Lipinski definition) is 6. The van der Waals surface area contributed by atoms with Gasteiger partial charge >= 0.3 is 17.3 Å². The zero-order valence-electron chi connectivity index (χ0n) is 8.38. The average Bonchev–Trinajstić information content (AvgIpc) is 2.27. The molecule has 0 aliphatic rings. The van der Waals surface area contributed by atoms with Gasteiger partial charge in [-0.25, -0.2) is 4.79 Å². The van der Waals surface area contributed by atoms with Crippen LogP contribution in [0.1, 0.15) is 10.4 Å². The van der Waals surface area contributed by atoms with Gasteiger partial charge in [0.1, 0.15) is 0 Å². The predicted octanol–water partition coefficient (Wildman–Crippen LogP) is 1.43. The lowest BCUT2D eigenvalue weighted by atomic mass is 10.1. The van der Waals surface area contributed by atoms with E-state index in [-0.39, 0.29) is 0 Å². The van der Waals surface area contributed by atoms with Gasteiger partial charge in [0.25, 0.3) is 5.82 Å². The third-order valence-corrected chi connectivity index (χ3v) is 1.85. The molecule has 8 nitrogen and oxygen atoms in total. The van der Waals surface area contributed by atoms with Crippen LogP contribution in [0.5, 0.6) is 0 Å². The van der Waals surface area contributed by atoms with E-state index in [4.69, 9.17) is 0 Å². The van der Waals surface area contributed by atoms with Gasteiger partial charge in [-0.2, -0.15) is 4.39 Å². The largest absolute Gasteiger partial charge is 0.465 e. The highest BCUT2D eigenvalue weighted by Gasteiger charge is 2.28. The molecule has 0 saturated heterocycles. The van der Waals surface area contributed by atoms with Gasteiger partial charge in [-0.1, -0.05) is 0 Å². The van der Waals surface area contributed by atoms with Crippen molar-refractivity contribution in [2.45, 2.75) is 0 Å². The van der Waals surface area contributed by atoms with Crippen LogP contribution in [-0.2, 0) is 4.74 Å². The quantitative estimate of drug-likeness (QED) is 0.451. The number of rotatable bonds is 3. The highest BCUT2D eigenvalue weighted by atomic mass is 19.1. The van der Waals surface area contributed by atoms with Crippen molar-refractivity contribution in [3.8, 4) is 0 Å². The van der Waals surface area contributed by atoms with Crippen LogP contribution in [0.15, 0.2) is 12.1 Å². The number of esters is 1. The summed E-state index contributed by atoms with van der Waals surface area (Å²) in [7, 11) is 0.989. The second-order valence-corrected chi connectivity index (χ2v) is 2.83. The zero-order chi connectivity index (χ0) is 13.2. The smallest absolute Gasteiger partial charge is 0.338 e. The fourth-order valence-corrected chi connectivity index (χ4v) is 1.10. The van der Waals surface area contributed by atoms with E-state index in [0.29, 0.717) is 12.1 Å². The van der Waals surface area contributed by atoms with Crippen LogP contribution in [0.25, 0.3) is 0 Å². The molecule has 0 saturated carbocycles. The Bertz CT molecular complexity index is 480. The van der Waals surface area contributed by atoms with Crippen molar-refractivity contribution in [1.82, 2.24) is 0 Å². The molecule has 0 N–H and O–H groups in total. The van der Waals surface area contributed by atoms with Crippen molar-refractivity contribution in [2.24, 2.45) is 0 Å². The summed E-state index contributed by atoms with van der Waals surface area (Å²) in [6.07, 6.45) is 0. The Hall–Kier alpha value is -2.58. The molecule has 1 aromatic carbocycles. The van der Waals surface area contributed by atoms with Crippen molar-refractivity contribution in [3.05, 3.63) is 43.7 Å². The number of ether oxygens (including phenoxy) is 1. The van der Waals surface area contributed by atoms with Gasteiger partial charge < -0.3 is 4.74 Å². The number of benzene rings is 1. The van der Waals surface area contributed by atoms with E-state index in [1.54, 1.807) is 0 Å². The fraction of sp³-hybridized carbons (Fsp3) is 0.125. The van der Waals surface area contributed by atoms with Gasteiger partial charge in [0, 0.05) is 12.1 Å². The molecule has 0 heterocycles. The Morgan fingerprint density at radius 1 is 1.24 bits per heavy atom. The maximum Gasteiger partial charge on any atom is 0.338 e. The molecule has 90 valence electrons. The monoisotopic (exact) mass is 244 g/mol. The van der Waals surface area contributed by atoms with Gasteiger partial charge in [0.2, 0.25) is 0 Å². The van der Waals surface area contributed by atoms with Crippen LogP contribution in [0.2, 0.25) is 0 Å². The molecule has 1 aromatic rings. The first-order valence-corrected chi connectivity index (χ1v) is 4.09. The average molecular weight is 244 g/mol. The van der Waals surface area contributed by atoms with Crippen LogP contribution in [0.3, 0.4) is 0 Å². The lowest BCUT2D eigenvalue weighted by molar-refractivity contribution is -0.399. The third-order valence-electron chi connectivity index (χ3n) is 1.85. The summed E-state index contributed by atoms with van der Waals surface area (Å²) >= 11 is 0. The summed E-state index contributed by atoms with van der Waals surface area (Å²) < 4.78 is 17.5. The van der Waals surface area contributed by atoms with E-state index in [1.807, 2.05) is 0 Å². The maximum absolute atomic E-state index is 13.3. The Labute approximate surface area is 92.9 Å². The topological polar surface area (TPSA) is 113 Å². The van der Waals surface area contributed by atoms with Gasteiger partial charge in [-0.3, -0.25) is 20.2 Å². The van der Waals surface area contributed by atoms with Gasteiger partial charge in [-0.05, 0) is 0 Å². The van der Waals surface area contributed by atoms with Crippen molar-refractivity contribution < 1.29 is 23.8 Å². The van der Waals surface area contributed by atoms with E-state index >= 15 is 0 Å². The molecule has 0 bridgehead atoms. The number of nitrogens with zero attached hydrogens (tertiary/aromatic N) is 2. The molecule has 0 unspecified atom stereocenters. The minimum Gasteiger partial charge on any atom is -0.465 e. The third kappa shape index (κ3) is 2.33. The van der Waals surface area contributed by atoms with Crippen LogP contribution < -0.4 is 0 Å². The first-order chi connectivity index (χ1) is 7.88. The van der Waals surface area contributed by atoms with Gasteiger partial charge in [-0.15, -0.1) is 0 Å². The number of nitro benzene ring substituents is 2. The summed E-state index contributed by atoms with van der Waals surface area (Å²) in [5.41, 5.74) is -2.77. The van der Waals surface area contributed by atoms with Gasteiger partial charge in [0.15, 0.2) is 0 Å². The number of methoxy groups -OCH3 is 1. The minimum atomic E-state index is -1.60. The Balaban J connectivity index is 3.52. The molecule has 1 rings (SSSR count). The van der Waals surface area contributed by atoms with Crippen molar-refractivity contribution in [1.29, 1.82) is 0 Å². The van der Waals surface area contributed by atoms with E-state index in [1.165, 1.54) is 0 Å². The zero-order valence-corrected chi connectivity index (χ0v) is 8.38. The molecule has 0 aromatic heterocycles. The van der Waals surface area contributed by atoms with Crippen LogP contribution >= 0.6 is 0 Å². The molecule has 17 heavy (non-hydrogen) atoms. The first kappa shape index (κ1) is 12.5. The minimum absolute atomic E-state index is 0.465. The normalized spacial score (nSPS) is 9.76. The first-order valence-electron chi connectivity index (χ1n) is 4.09. The summed E-state index contributed by atoms with van der Waals surface area (Å²) in [6.45, 7) is 0. The Morgan fingerprint density at radius 3 is 1.94 bits per heavy atom. The molecular formula is C8H5FN2O6. The second kappa shape index (κ2) is 4.51. The molecular weight excluding hydrogens is 239 g/mol. The van der Waals surface area contributed by atoms with E-state index in [9.17, 15) is 29.4 Å². The number of halogens is 1. The van der Waals surface area contributed by atoms with E-state index < -0.39 is 38.6 Å². The summed E-state index contributed by atoms with van der Waals surface area (Å²) in [5, 5.41) is 20.9. The lowest BCUT2D eigenvalue weighted by Crippen LogP contribution is -2.06. The van der Waals surface area contributed by atoms with Crippen LogP contribution in [0.4, 0.5) is 15.8 Å². The number of carbonyl (C=O) groups excluding carboxylic acids is 1. The Kier molecular flexibility index (Phi) is 3.31. The predicted molar refractivity (Wildman–Crippen MR) is 51.0 cm³/mol. The van der Waals surface area contributed by atoms with Crippen LogP contribution in [-0.4, -0.2) is 22.9 Å². The summed E-state index contributed by atoms with van der Waals surface area (Å²) in [4.78, 5) is 29.7. The lowest BCUT2D eigenvalue weighted by Gasteiger charge is -2.01. The van der Waals surface area contributed by atoms with Crippen molar-refractivity contribution >= 4 is 17.3 Å².